The average molecular weight is 432 g/mol. The van der Waals surface area contributed by atoms with Crippen molar-refractivity contribution < 1.29 is 5.11 Å². The largest absolute Gasteiger partial charge is 0.390 e. The Balaban J connectivity index is 1.76. The van der Waals surface area contributed by atoms with Gasteiger partial charge in [0.25, 0.3) is 0 Å². The Morgan fingerprint density at radius 1 is 1.13 bits per heavy atom. The van der Waals surface area contributed by atoms with Crippen LogP contribution in [-0.4, -0.2) is 22.7 Å². The summed E-state index contributed by atoms with van der Waals surface area (Å²) in [6, 6.07) is 21.3. The zero-order valence-corrected chi connectivity index (χ0v) is 19.3. The Labute approximate surface area is 187 Å². The number of fused-ring (bicyclic) bond motifs is 1. The zero-order valence-electron chi connectivity index (χ0n) is 18.4. The van der Waals surface area contributed by atoms with Crippen LogP contribution >= 0.6 is 11.3 Å². The molecule has 4 nitrogen and oxygen atoms in total. The summed E-state index contributed by atoms with van der Waals surface area (Å²) < 4.78 is 0. The minimum Gasteiger partial charge on any atom is -0.390 e. The fourth-order valence-corrected chi connectivity index (χ4v) is 4.70. The van der Waals surface area contributed by atoms with Gasteiger partial charge in [-0.25, -0.2) is 5.43 Å². The van der Waals surface area contributed by atoms with Crippen LogP contribution < -0.4 is 10.4 Å². The van der Waals surface area contributed by atoms with E-state index in [4.69, 9.17) is 0 Å². The van der Waals surface area contributed by atoms with E-state index in [9.17, 15) is 5.11 Å². The van der Waals surface area contributed by atoms with E-state index < -0.39 is 5.60 Å². The van der Waals surface area contributed by atoms with Gasteiger partial charge < -0.3 is 10.1 Å². The topological polar surface area (TPSA) is 51.3 Å². The van der Waals surface area contributed by atoms with Crippen molar-refractivity contribution in [1.29, 1.82) is 0 Å². The monoisotopic (exact) mass is 431 g/mol. The first-order chi connectivity index (χ1) is 14.9. The third-order valence-electron chi connectivity index (χ3n) is 5.31. The number of hydrazine groups is 1. The highest BCUT2D eigenvalue weighted by atomic mass is 32.1. The molecule has 0 fully saturated rings. The number of H-pyrrole nitrogens is 1. The lowest BCUT2D eigenvalue weighted by Gasteiger charge is -2.28. The molecule has 0 unspecified atom stereocenters. The lowest BCUT2D eigenvalue weighted by Crippen LogP contribution is -2.34. The minimum atomic E-state index is -0.783. The summed E-state index contributed by atoms with van der Waals surface area (Å²) in [5.41, 5.74) is 8.21. The molecule has 0 radical (unpaired) electrons. The number of nitrogens with one attached hydrogen (secondary N) is 2. The third-order valence-corrected chi connectivity index (χ3v) is 6.47. The Bertz CT molecular complexity index is 1210. The van der Waals surface area contributed by atoms with Crippen molar-refractivity contribution in [2.24, 2.45) is 0 Å². The number of aromatic nitrogens is 1. The highest BCUT2D eigenvalue weighted by molar-refractivity contribution is 7.16. The van der Waals surface area contributed by atoms with Crippen LogP contribution in [0.2, 0.25) is 0 Å². The number of thiophene rings is 1. The van der Waals surface area contributed by atoms with Gasteiger partial charge in [-0.05, 0) is 74.0 Å². The van der Waals surface area contributed by atoms with E-state index in [1.807, 2.05) is 39.2 Å². The third kappa shape index (κ3) is 4.74. The van der Waals surface area contributed by atoms with Gasteiger partial charge in [-0.2, -0.15) is 0 Å². The van der Waals surface area contributed by atoms with Crippen LogP contribution in [0.4, 0.5) is 5.69 Å². The van der Waals surface area contributed by atoms with E-state index in [-0.39, 0.29) is 0 Å². The van der Waals surface area contributed by atoms with E-state index in [1.54, 1.807) is 11.3 Å². The molecular formula is C26H29N3OS. The molecule has 3 N–H and O–H groups in total. The smallest absolute Gasteiger partial charge is 0.0711 e. The molecule has 0 aliphatic heterocycles. The summed E-state index contributed by atoms with van der Waals surface area (Å²) in [6.45, 7) is 5.78. The second-order valence-electron chi connectivity index (χ2n) is 8.40. The molecule has 0 atom stereocenters. The van der Waals surface area contributed by atoms with Gasteiger partial charge in [0.1, 0.15) is 0 Å². The van der Waals surface area contributed by atoms with Gasteiger partial charge in [0.05, 0.1) is 21.9 Å². The van der Waals surface area contributed by atoms with Crippen molar-refractivity contribution >= 4 is 33.6 Å². The maximum absolute atomic E-state index is 10.4. The predicted molar refractivity (Wildman–Crippen MR) is 133 cm³/mol. The molecule has 160 valence electrons. The summed E-state index contributed by atoms with van der Waals surface area (Å²) in [5.74, 6) is 0. The number of hydrogen-bond acceptors (Lipinski definition) is 4. The van der Waals surface area contributed by atoms with Crippen molar-refractivity contribution in [3.63, 3.8) is 0 Å². The van der Waals surface area contributed by atoms with Crippen LogP contribution in [0.25, 0.3) is 27.0 Å². The van der Waals surface area contributed by atoms with Crippen molar-refractivity contribution in [2.75, 3.05) is 12.1 Å². The van der Waals surface area contributed by atoms with Crippen LogP contribution in [0.1, 0.15) is 30.7 Å². The van der Waals surface area contributed by atoms with Crippen LogP contribution in [0.3, 0.4) is 0 Å². The van der Waals surface area contributed by atoms with E-state index in [0.29, 0.717) is 6.42 Å². The number of aliphatic hydroxyl groups is 1. The first-order valence-corrected chi connectivity index (χ1v) is 11.3. The van der Waals surface area contributed by atoms with E-state index in [2.05, 4.69) is 76.9 Å². The average Bonchev–Trinajstić information content (AvgIpc) is 3.40. The number of aryl methyl sites for hydroxylation is 1. The molecule has 31 heavy (non-hydrogen) atoms. The summed E-state index contributed by atoms with van der Waals surface area (Å²) in [7, 11) is 1.93. The molecule has 2 aromatic heterocycles. The summed E-state index contributed by atoms with van der Waals surface area (Å²) >= 11 is 1.75. The first-order valence-electron chi connectivity index (χ1n) is 10.5. The van der Waals surface area contributed by atoms with Gasteiger partial charge in [-0.1, -0.05) is 36.4 Å². The molecule has 0 aliphatic carbocycles. The lowest BCUT2D eigenvalue weighted by molar-refractivity contribution is 0.0840. The maximum Gasteiger partial charge on any atom is 0.0711 e. The Morgan fingerprint density at radius 2 is 1.94 bits per heavy atom. The molecule has 0 spiro atoms. The number of para-hydroxylation sites is 1. The second-order valence-corrected chi connectivity index (χ2v) is 9.48. The number of benzene rings is 2. The van der Waals surface area contributed by atoms with Gasteiger partial charge in [-0.3, -0.25) is 5.01 Å². The molecule has 0 aliphatic rings. The Hall–Kier alpha value is -2.86. The quantitative estimate of drug-likeness (QED) is 0.299. The number of hydrogen-bond donors (Lipinski definition) is 3. The van der Waals surface area contributed by atoms with Crippen molar-refractivity contribution in [1.82, 2.24) is 10.4 Å². The molecule has 0 amide bonds. The van der Waals surface area contributed by atoms with Gasteiger partial charge in [-0.15, -0.1) is 11.3 Å². The van der Waals surface area contributed by atoms with Crippen LogP contribution in [-0.2, 0) is 0 Å². The molecule has 4 aromatic rings. The molecule has 0 saturated carbocycles. The number of nitrogens with zero attached hydrogens (tertiary/aromatic N) is 1. The van der Waals surface area contributed by atoms with Crippen molar-refractivity contribution in [2.45, 2.75) is 32.8 Å². The van der Waals surface area contributed by atoms with Crippen molar-refractivity contribution in [3.05, 3.63) is 83.4 Å². The highest BCUT2D eigenvalue weighted by Gasteiger charge is 2.19. The first kappa shape index (κ1) is 21.4. The molecule has 0 bridgehead atoms. The van der Waals surface area contributed by atoms with Gasteiger partial charge in [0, 0.05) is 23.6 Å². The van der Waals surface area contributed by atoms with E-state index in [0.717, 1.165) is 21.8 Å². The normalized spacial score (nSPS) is 12.5. The molecule has 4 rings (SSSR count). The summed E-state index contributed by atoms with van der Waals surface area (Å²) in [5, 5.41) is 13.7. The van der Waals surface area contributed by atoms with Crippen molar-refractivity contribution in [3.8, 4) is 10.4 Å². The maximum atomic E-state index is 10.4. The van der Waals surface area contributed by atoms with E-state index >= 15 is 0 Å². The standard InChI is InChI=1S/C26H29N3OS/c1-18-7-5-6-8-22(18)29(27-4)23(13-15-26(2,3)30)25-12-11-24(31-25)20-10-9-19-14-16-28-21(19)17-20/h5-14,16-17,27-28,30H,15H2,1-4H3/b23-13-. The molecule has 2 aromatic carbocycles. The number of rotatable bonds is 7. The number of aromatic amines is 1. The van der Waals surface area contributed by atoms with E-state index in [1.165, 1.54) is 21.4 Å². The summed E-state index contributed by atoms with van der Waals surface area (Å²) in [4.78, 5) is 5.65. The van der Waals surface area contributed by atoms with Gasteiger partial charge >= 0.3 is 0 Å². The molecule has 2 heterocycles. The molecular weight excluding hydrogens is 402 g/mol. The predicted octanol–water partition coefficient (Wildman–Crippen LogP) is 6.35. The number of anilines is 1. The fraction of sp³-hybridized carbons (Fsp3) is 0.231. The fourth-order valence-electron chi connectivity index (χ4n) is 3.67. The lowest BCUT2D eigenvalue weighted by atomic mass is 10.0. The SMILES string of the molecule is CNN(/C(=C\CC(C)(C)O)c1ccc(-c2ccc3cc[nH]c3c2)s1)c1ccccc1C. The van der Waals surface area contributed by atoms with Crippen LogP contribution in [0.5, 0.6) is 0 Å². The molecule has 5 heteroatoms. The Morgan fingerprint density at radius 3 is 2.68 bits per heavy atom. The second kappa shape index (κ2) is 8.71. The minimum absolute atomic E-state index is 0.550. The van der Waals surface area contributed by atoms with Crippen LogP contribution in [0, 0.1) is 6.92 Å². The highest BCUT2D eigenvalue weighted by Crippen LogP contribution is 2.36. The molecule has 0 saturated heterocycles. The summed E-state index contributed by atoms with van der Waals surface area (Å²) in [6.07, 6.45) is 4.64. The zero-order chi connectivity index (χ0) is 22.0. The van der Waals surface area contributed by atoms with Crippen LogP contribution in [0.15, 0.2) is 72.9 Å². The van der Waals surface area contributed by atoms with Gasteiger partial charge in [0.2, 0.25) is 0 Å². The Kier molecular flexibility index (Phi) is 6.01. The van der Waals surface area contributed by atoms with Gasteiger partial charge in [0.15, 0.2) is 0 Å².